The van der Waals surface area contributed by atoms with E-state index in [2.05, 4.69) is 21.2 Å². The highest BCUT2D eigenvalue weighted by Gasteiger charge is 2.22. The summed E-state index contributed by atoms with van der Waals surface area (Å²) in [4.78, 5) is 0. The van der Waals surface area contributed by atoms with E-state index in [9.17, 15) is 8.78 Å². The van der Waals surface area contributed by atoms with Crippen molar-refractivity contribution in [2.24, 2.45) is 0 Å². The van der Waals surface area contributed by atoms with Crippen molar-refractivity contribution >= 4 is 27.5 Å². The predicted molar refractivity (Wildman–Crippen MR) is 81.0 cm³/mol. The maximum atomic E-state index is 14.1. The molecule has 2 aromatic rings. The molecule has 1 unspecified atom stereocenters. The van der Waals surface area contributed by atoms with Crippen LogP contribution >= 0.6 is 27.5 Å². The molecule has 0 bridgehead atoms. The Hall–Kier alpha value is -0.970. The predicted octanol–water partition coefficient (Wildman–Crippen LogP) is 5.08. The van der Waals surface area contributed by atoms with Crippen molar-refractivity contribution in [2.75, 3.05) is 6.54 Å². The minimum atomic E-state index is -0.595. The molecule has 0 amide bonds. The lowest BCUT2D eigenvalue weighted by molar-refractivity contribution is 0.509. The van der Waals surface area contributed by atoms with Gasteiger partial charge in [-0.05, 0) is 36.4 Å². The summed E-state index contributed by atoms with van der Waals surface area (Å²) in [5.74, 6) is -1.19. The quantitative estimate of drug-likeness (QED) is 0.802. The van der Waals surface area contributed by atoms with Crippen LogP contribution in [-0.4, -0.2) is 6.54 Å². The van der Waals surface area contributed by atoms with Gasteiger partial charge in [0, 0.05) is 15.1 Å². The number of halogens is 4. The van der Waals surface area contributed by atoms with Crippen LogP contribution in [0.15, 0.2) is 40.9 Å². The molecule has 106 valence electrons. The maximum Gasteiger partial charge on any atom is 0.132 e. The summed E-state index contributed by atoms with van der Waals surface area (Å²) in [7, 11) is 0. The Morgan fingerprint density at radius 3 is 2.40 bits per heavy atom. The molecule has 0 aliphatic carbocycles. The number of hydrogen-bond donors (Lipinski definition) is 1. The van der Waals surface area contributed by atoms with Crippen LogP contribution in [0, 0.1) is 11.6 Å². The zero-order valence-electron chi connectivity index (χ0n) is 10.8. The zero-order chi connectivity index (χ0) is 14.7. The maximum absolute atomic E-state index is 14.1. The largest absolute Gasteiger partial charge is 0.306 e. The fourth-order valence-corrected chi connectivity index (χ4v) is 2.71. The Kier molecular flexibility index (Phi) is 5.13. The lowest BCUT2D eigenvalue weighted by Gasteiger charge is -2.20. The summed E-state index contributed by atoms with van der Waals surface area (Å²) < 4.78 is 28.6. The topological polar surface area (TPSA) is 12.0 Å². The van der Waals surface area contributed by atoms with E-state index in [1.807, 2.05) is 6.92 Å². The van der Waals surface area contributed by atoms with Crippen molar-refractivity contribution in [2.45, 2.75) is 13.0 Å². The van der Waals surface area contributed by atoms with Crippen molar-refractivity contribution in [1.29, 1.82) is 0 Å². The second-order valence-corrected chi connectivity index (χ2v) is 5.68. The standard InChI is InChI=1S/C15H13BrClF2N/c1-2-20-15(9-4-3-5-11(17)6-9)14-12(18)7-10(16)8-13(14)19/h3-8,15,20H,2H2,1H3. The third-order valence-corrected chi connectivity index (χ3v) is 3.62. The molecule has 0 saturated heterocycles. The van der Waals surface area contributed by atoms with Gasteiger partial charge in [-0.1, -0.05) is 46.6 Å². The summed E-state index contributed by atoms with van der Waals surface area (Å²) in [6.07, 6.45) is 0. The van der Waals surface area contributed by atoms with Crippen LogP contribution in [0.5, 0.6) is 0 Å². The molecule has 20 heavy (non-hydrogen) atoms. The van der Waals surface area contributed by atoms with Gasteiger partial charge in [0.1, 0.15) is 11.6 Å². The normalized spacial score (nSPS) is 12.4. The average molecular weight is 361 g/mol. The highest BCUT2D eigenvalue weighted by atomic mass is 79.9. The van der Waals surface area contributed by atoms with Crippen molar-refractivity contribution in [3.8, 4) is 0 Å². The Morgan fingerprint density at radius 1 is 1.20 bits per heavy atom. The number of nitrogens with one attached hydrogen (secondary N) is 1. The highest BCUT2D eigenvalue weighted by molar-refractivity contribution is 9.10. The Morgan fingerprint density at radius 2 is 1.85 bits per heavy atom. The molecule has 0 aliphatic rings. The van der Waals surface area contributed by atoms with E-state index in [4.69, 9.17) is 11.6 Å². The first-order valence-corrected chi connectivity index (χ1v) is 7.33. The zero-order valence-corrected chi connectivity index (χ0v) is 13.1. The van der Waals surface area contributed by atoms with Crippen LogP contribution in [0.25, 0.3) is 0 Å². The van der Waals surface area contributed by atoms with Crippen molar-refractivity contribution in [3.63, 3.8) is 0 Å². The molecule has 0 fully saturated rings. The van der Waals surface area contributed by atoms with Gasteiger partial charge >= 0.3 is 0 Å². The minimum absolute atomic E-state index is 0.00248. The van der Waals surface area contributed by atoms with Crippen molar-refractivity contribution < 1.29 is 8.78 Å². The summed E-state index contributed by atoms with van der Waals surface area (Å²) in [6.45, 7) is 2.46. The molecule has 2 aromatic carbocycles. The Bertz CT molecular complexity index is 596. The van der Waals surface area contributed by atoms with Gasteiger partial charge in [0.05, 0.1) is 6.04 Å². The Balaban J connectivity index is 2.54. The first-order valence-electron chi connectivity index (χ1n) is 6.16. The third-order valence-electron chi connectivity index (χ3n) is 2.92. The average Bonchev–Trinajstić information content (AvgIpc) is 2.36. The molecular weight excluding hydrogens is 348 g/mol. The summed E-state index contributed by atoms with van der Waals surface area (Å²) >= 11 is 9.04. The first-order chi connectivity index (χ1) is 9.52. The van der Waals surface area contributed by atoms with E-state index in [1.165, 1.54) is 12.1 Å². The second-order valence-electron chi connectivity index (χ2n) is 4.33. The van der Waals surface area contributed by atoms with Crippen LogP contribution in [0.1, 0.15) is 24.1 Å². The van der Waals surface area contributed by atoms with E-state index in [0.29, 0.717) is 16.0 Å². The van der Waals surface area contributed by atoms with Gasteiger partial charge in [-0.25, -0.2) is 8.78 Å². The molecule has 0 aliphatic heterocycles. The second kappa shape index (κ2) is 6.66. The van der Waals surface area contributed by atoms with E-state index in [1.54, 1.807) is 24.3 Å². The molecule has 0 spiro atoms. The molecular formula is C15H13BrClF2N. The SMILES string of the molecule is CCNC(c1cccc(Cl)c1)c1c(F)cc(Br)cc1F. The van der Waals surface area contributed by atoms with Gasteiger partial charge < -0.3 is 5.32 Å². The fraction of sp³-hybridized carbons (Fsp3) is 0.200. The van der Waals surface area contributed by atoms with E-state index in [-0.39, 0.29) is 5.56 Å². The lowest BCUT2D eigenvalue weighted by Crippen LogP contribution is -2.24. The van der Waals surface area contributed by atoms with Crippen LogP contribution < -0.4 is 5.32 Å². The molecule has 0 aromatic heterocycles. The lowest BCUT2D eigenvalue weighted by atomic mass is 9.97. The summed E-state index contributed by atoms with van der Waals surface area (Å²) in [5, 5.41) is 3.62. The summed E-state index contributed by atoms with van der Waals surface area (Å²) in [5.41, 5.74) is 0.719. The third kappa shape index (κ3) is 3.37. The Labute approximate surface area is 130 Å². The van der Waals surface area contributed by atoms with E-state index < -0.39 is 17.7 Å². The van der Waals surface area contributed by atoms with Crippen LogP contribution in [0.2, 0.25) is 5.02 Å². The molecule has 1 atom stereocenters. The van der Waals surface area contributed by atoms with Gasteiger partial charge in [0.2, 0.25) is 0 Å². The molecule has 1 nitrogen and oxygen atoms in total. The molecule has 5 heteroatoms. The smallest absolute Gasteiger partial charge is 0.132 e. The van der Waals surface area contributed by atoms with E-state index >= 15 is 0 Å². The van der Waals surface area contributed by atoms with Crippen LogP contribution in [0.4, 0.5) is 8.78 Å². The van der Waals surface area contributed by atoms with Crippen molar-refractivity contribution in [1.82, 2.24) is 5.32 Å². The highest BCUT2D eigenvalue weighted by Crippen LogP contribution is 2.30. The van der Waals surface area contributed by atoms with Crippen molar-refractivity contribution in [3.05, 3.63) is 68.7 Å². The van der Waals surface area contributed by atoms with Gasteiger partial charge in [-0.3, -0.25) is 0 Å². The van der Waals surface area contributed by atoms with Gasteiger partial charge in [0.15, 0.2) is 0 Å². The molecule has 0 radical (unpaired) electrons. The van der Waals surface area contributed by atoms with Gasteiger partial charge in [-0.2, -0.15) is 0 Å². The van der Waals surface area contributed by atoms with Gasteiger partial charge in [-0.15, -0.1) is 0 Å². The number of hydrogen-bond acceptors (Lipinski definition) is 1. The number of benzene rings is 2. The number of rotatable bonds is 4. The fourth-order valence-electron chi connectivity index (χ4n) is 2.11. The first kappa shape index (κ1) is 15.4. The molecule has 0 saturated carbocycles. The molecule has 0 heterocycles. The van der Waals surface area contributed by atoms with Crippen LogP contribution in [0.3, 0.4) is 0 Å². The molecule has 1 N–H and O–H groups in total. The van der Waals surface area contributed by atoms with E-state index in [0.717, 1.165) is 5.56 Å². The molecule has 2 rings (SSSR count). The van der Waals surface area contributed by atoms with Crippen LogP contribution in [-0.2, 0) is 0 Å². The van der Waals surface area contributed by atoms with Gasteiger partial charge in [0.25, 0.3) is 0 Å². The monoisotopic (exact) mass is 359 g/mol. The minimum Gasteiger partial charge on any atom is -0.306 e. The summed E-state index contributed by atoms with van der Waals surface area (Å²) in [6, 6.07) is 8.92.